The minimum atomic E-state index is 0. The zero-order valence-corrected chi connectivity index (χ0v) is 20.6. The highest BCUT2D eigenvalue weighted by molar-refractivity contribution is 14.0. The van der Waals surface area contributed by atoms with Crippen LogP contribution in [0.1, 0.15) is 50.6 Å². The van der Waals surface area contributed by atoms with Crippen molar-refractivity contribution in [1.82, 2.24) is 20.8 Å². The Kier molecular flexibility index (Phi) is 9.83. The Bertz CT molecular complexity index is 810. The summed E-state index contributed by atoms with van der Waals surface area (Å²) < 4.78 is 11.0. The Morgan fingerprint density at radius 2 is 2.17 bits per heavy atom. The number of nitrogens with zero attached hydrogens (tertiary/aromatic N) is 4. The van der Waals surface area contributed by atoms with E-state index in [0.717, 1.165) is 55.0 Å². The zero-order chi connectivity index (χ0) is 20.6. The second kappa shape index (κ2) is 12.1. The van der Waals surface area contributed by atoms with Gasteiger partial charge in [-0.15, -0.1) is 24.0 Å². The van der Waals surface area contributed by atoms with Gasteiger partial charge in [-0.3, -0.25) is 0 Å². The van der Waals surface area contributed by atoms with Crippen LogP contribution < -0.4 is 15.5 Å². The van der Waals surface area contributed by atoms with Gasteiger partial charge in [-0.25, -0.2) is 9.98 Å². The van der Waals surface area contributed by atoms with Gasteiger partial charge in [-0.2, -0.15) is 0 Å². The molecular formula is C21H33IN6O2. The Morgan fingerprint density at radius 3 is 2.87 bits per heavy atom. The first-order valence-electron chi connectivity index (χ1n) is 10.3. The Labute approximate surface area is 195 Å². The van der Waals surface area contributed by atoms with Gasteiger partial charge in [0.15, 0.2) is 11.7 Å². The molecule has 1 saturated heterocycles. The lowest BCUT2D eigenvalue weighted by atomic mass is 10.1. The maximum Gasteiger partial charge on any atom is 0.191 e. The quantitative estimate of drug-likeness (QED) is 0.324. The predicted octanol–water partition coefficient (Wildman–Crippen LogP) is 3.29. The van der Waals surface area contributed by atoms with Crippen LogP contribution in [0, 0.1) is 0 Å². The van der Waals surface area contributed by atoms with Crippen molar-refractivity contribution in [2.45, 2.75) is 52.8 Å². The molecule has 1 fully saturated rings. The van der Waals surface area contributed by atoms with Crippen LogP contribution in [0.4, 0.5) is 5.82 Å². The van der Waals surface area contributed by atoms with Crippen molar-refractivity contribution in [1.29, 1.82) is 0 Å². The van der Waals surface area contributed by atoms with Gasteiger partial charge in [0.1, 0.15) is 5.82 Å². The molecule has 0 aliphatic carbocycles. The lowest BCUT2D eigenvalue weighted by molar-refractivity contribution is 0.0529. The number of rotatable bonds is 7. The normalized spacial score (nSPS) is 17.0. The predicted molar refractivity (Wildman–Crippen MR) is 130 cm³/mol. The fourth-order valence-electron chi connectivity index (χ4n) is 3.13. The average molecular weight is 528 g/mol. The smallest absolute Gasteiger partial charge is 0.191 e. The molecule has 2 aromatic heterocycles. The minimum Gasteiger partial charge on any atom is -0.375 e. The number of halogens is 1. The topological polar surface area (TPSA) is 87.8 Å². The number of aromatic nitrogens is 2. The maximum atomic E-state index is 5.62. The first kappa shape index (κ1) is 24.4. The van der Waals surface area contributed by atoms with Crippen LogP contribution >= 0.6 is 24.0 Å². The van der Waals surface area contributed by atoms with Crippen molar-refractivity contribution < 1.29 is 9.26 Å². The van der Waals surface area contributed by atoms with Gasteiger partial charge in [0.05, 0.1) is 31.5 Å². The van der Waals surface area contributed by atoms with E-state index in [1.54, 1.807) is 0 Å². The Morgan fingerprint density at radius 1 is 1.33 bits per heavy atom. The summed E-state index contributed by atoms with van der Waals surface area (Å²) in [5.41, 5.74) is 2.08. The van der Waals surface area contributed by atoms with Crippen molar-refractivity contribution in [2.75, 3.05) is 31.1 Å². The zero-order valence-electron chi connectivity index (χ0n) is 18.2. The van der Waals surface area contributed by atoms with E-state index < -0.39 is 0 Å². The highest BCUT2D eigenvalue weighted by Crippen LogP contribution is 2.17. The van der Waals surface area contributed by atoms with E-state index in [1.165, 1.54) is 0 Å². The molecule has 9 heteroatoms. The number of aliphatic imine (C=N–C) groups is 1. The van der Waals surface area contributed by atoms with Crippen molar-refractivity contribution >= 4 is 35.8 Å². The van der Waals surface area contributed by atoms with E-state index in [4.69, 9.17) is 14.3 Å². The number of morpholine rings is 1. The third-order valence-corrected chi connectivity index (χ3v) is 4.74. The summed E-state index contributed by atoms with van der Waals surface area (Å²) >= 11 is 0. The number of ether oxygens (including phenoxy) is 1. The lowest BCUT2D eigenvalue weighted by Crippen LogP contribution is -2.41. The molecule has 1 aliphatic rings. The van der Waals surface area contributed by atoms with Gasteiger partial charge < -0.3 is 24.8 Å². The van der Waals surface area contributed by atoms with E-state index in [2.05, 4.69) is 52.5 Å². The first-order valence-corrected chi connectivity index (χ1v) is 10.3. The molecule has 1 aliphatic heterocycles. The largest absolute Gasteiger partial charge is 0.375 e. The molecule has 2 N–H and O–H groups in total. The molecule has 0 radical (unpaired) electrons. The molecule has 3 rings (SSSR count). The van der Waals surface area contributed by atoms with Crippen molar-refractivity contribution in [3.05, 3.63) is 41.4 Å². The average Bonchev–Trinajstić information content (AvgIpc) is 3.20. The summed E-state index contributed by atoms with van der Waals surface area (Å²) in [6.07, 6.45) is 2.08. The second-order valence-electron chi connectivity index (χ2n) is 7.57. The highest BCUT2D eigenvalue weighted by Gasteiger charge is 2.18. The third kappa shape index (κ3) is 7.12. The summed E-state index contributed by atoms with van der Waals surface area (Å²) in [6.45, 7) is 12.7. The molecule has 0 aromatic carbocycles. The van der Waals surface area contributed by atoms with Gasteiger partial charge in [-0.1, -0.05) is 19.0 Å². The first-order chi connectivity index (χ1) is 14.0. The molecule has 8 nitrogen and oxygen atoms in total. The van der Waals surface area contributed by atoms with Crippen LogP contribution in [0.15, 0.2) is 33.9 Å². The van der Waals surface area contributed by atoms with Crippen LogP contribution in [-0.4, -0.2) is 48.4 Å². The molecule has 30 heavy (non-hydrogen) atoms. The van der Waals surface area contributed by atoms with E-state index in [9.17, 15) is 0 Å². The Hall–Kier alpha value is -1.88. The van der Waals surface area contributed by atoms with Gasteiger partial charge in [0.25, 0.3) is 0 Å². The summed E-state index contributed by atoms with van der Waals surface area (Å²) in [6, 6.07) is 6.10. The molecule has 0 spiro atoms. The molecule has 0 saturated carbocycles. The standard InChI is InChI=1S/C21H32N6O2.HI/c1-5-22-21(25-13-18-11-19(15(2)3)26-29-18)24-12-17-6-7-23-20(10-17)27-8-9-28-16(4)14-27;/h6-7,10-11,15-16H,5,8-9,12-14H2,1-4H3,(H2,22,24,25);1H. The molecule has 0 amide bonds. The summed E-state index contributed by atoms with van der Waals surface area (Å²) in [5, 5.41) is 10.7. The molecule has 2 aromatic rings. The minimum absolute atomic E-state index is 0. The maximum absolute atomic E-state index is 5.62. The summed E-state index contributed by atoms with van der Waals surface area (Å²) in [7, 11) is 0. The molecular weight excluding hydrogens is 495 g/mol. The number of pyridine rings is 1. The van der Waals surface area contributed by atoms with Crippen LogP contribution in [-0.2, 0) is 17.8 Å². The SMILES string of the molecule is CCNC(=NCc1ccnc(N2CCOC(C)C2)c1)NCc1cc(C(C)C)no1.I. The van der Waals surface area contributed by atoms with Crippen LogP contribution in [0.2, 0.25) is 0 Å². The van der Waals surface area contributed by atoms with E-state index >= 15 is 0 Å². The van der Waals surface area contributed by atoms with Gasteiger partial charge in [0, 0.05) is 31.9 Å². The molecule has 1 atom stereocenters. The monoisotopic (exact) mass is 528 g/mol. The molecule has 0 bridgehead atoms. The van der Waals surface area contributed by atoms with E-state index in [0.29, 0.717) is 19.0 Å². The van der Waals surface area contributed by atoms with Crippen LogP contribution in [0.3, 0.4) is 0 Å². The number of hydrogen-bond donors (Lipinski definition) is 2. The molecule has 3 heterocycles. The van der Waals surface area contributed by atoms with Gasteiger partial charge >= 0.3 is 0 Å². The molecule has 1 unspecified atom stereocenters. The number of hydrogen-bond acceptors (Lipinski definition) is 6. The van der Waals surface area contributed by atoms with Gasteiger partial charge in [-0.05, 0) is 37.5 Å². The summed E-state index contributed by atoms with van der Waals surface area (Å²) in [5.74, 6) is 2.87. The number of nitrogens with one attached hydrogen (secondary N) is 2. The Balaban J connectivity index is 0.00000320. The van der Waals surface area contributed by atoms with Crippen LogP contribution in [0.25, 0.3) is 0 Å². The van der Waals surface area contributed by atoms with E-state index in [-0.39, 0.29) is 30.1 Å². The van der Waals surface area contributed by atoms with Crippen molar-refractivity contribution in [3.63, 3.8) is 0 Å². The highest BCUT2D eigenvalue weighted by atomic mass is 127. The fraction of sp³-hybridized carbons (Fsp3) is 0.571. The van der Waals surface area contributed by atoms with E-state index in [1.807, 2.05) is 25.3 Å². The lowest BCUT2D eigenvalue weighted by Gasteiger charge is -2.32. The van der Waals surface area contributed by atoms with Crippen molar-refractivity contribution in [3.8, 4) is 0 Å². The fourth-order valence-corrected chi connectivity index (χ4v) is 3.13. The molecule has 166 valence electrons. The number of anilines is 1. The number of guanidine groups is 1. The second-order valence-corrected chi connectivity index (χ2v) is 7.57. The van der Waals surface area contributed by atoms with Crippen LogP contribution in [0.5, 0.6) is 0 Å². The summed E-state index contributed by atoms with van der Waals surface area (Å²) in [4.78, 5) is 11.5. The van der Waals surface area contributed by atoms with Crippen molar-refractivity contribution in [2.24, 2.45) is 4.99 Å². The van der Waals surface area contributed by atoms with Gasteiger partial charge in [0.2, 0.25) is 0 Å². The third-order valence-electron chi connectivity index (χ3n) is 4.74.